The molecule has 0 rings (SSSR count). The van der Waals surface area contributed by atoms with Gasteiger partial charge in [0.1, 0.15) is 6.61 Å². The molecular weight excluding hydrogens is 305 g/mol. The maximum atomic E-state index is 11.3. The molecule has 1 atom stereocenters. The van der Waals surface area contributed by atoms with Crippen molar-refractivity contribution in [3.8, 4) is 0 Å². The van der Waals surface area contributed by atoms with Gasteiger partial charge in [-0.15, -0.1) is 0 Å². The number of carbonyl (C=O) groups is 1. The topological polar surface area (TPSA) is 66.4 Å². The zero-order valence-corrected chi connectivity index (χ0v) is 11.2. The van der Waals surface area contributed by atoms with Crippen molar-refractivity contribution in [2.75, 3.05) is 34.0 Å². The average Bonchev–Trinajstić information content (AvgIpc) is 2.24. The van der Waals surface area contributed by atoms with E-state index in [1.807, 2.05) is 0 Å². The number of alkyl halides is 1. The fraction of sp³-hybridized carbons (Fsp3) is 0.778. The van der Waals surface area contributed by atoms with E-state index < -0.39 is 11.0 Å². The van der Waals surface area contributed by atoms with E-state index in [0.29, 0.717) is 6.61 Å². The Bertz CT molecular complexity index is 239. The van der Waals surface area contributed by atoms with Gasteiger partial charge in [-0.1, -0.05) is 5.16 Å². The van der Waals surface area contributed by atoms with Crippen molar-refractivity contribution >= 4 is 57.2 Å². The molecule has 17 heavy (non-hydrogen) atoms. The molecule has 0 aliphatic heterocycles. The molecule has 0 heterocycles. The van der Waals surface area contributed by atoms with Crippen LogP contribution in [0, 0.1) is 0 Å². The molecule has 0 spiro atoms. The maximum absolute atomic E-state index is 11.3. The molecule has 0 saturated heterocycles. The second kappa shape index (κ2) is 12.8. The zero-order valence-electron chi connectivity index (χ0n) is 9.57. The monoisotopic (exact) mass is 321 g/mol. The van der Waals surface area contributed by atoms with Crippen LogP contribution in [0.2, 0.25) is 0 Å². The molecule has 0 aromatic rings. The molecule has 0 aromatic carbocycles. The van der Waals surface area contributed by atoms with Gasteiger partial charge in [-0.05, 0) is 22.9 Å². The Kier molecular flexibility index (Phi) is 14.8. The quantitative estimate of drug-likeness (QED) is 0.160. The Balaban J connectivity index is 0. The molecule has 0 aromatic heterocycles. The third-order valence-corrected chi connectivity index (χ3v) is 1.86. The number of carbonyl (C=O) groups excluding carboxylic acids is 1. The third kappa shape index (κ3) is 11.2. The van der Waals surface area contributed by atoms with Crippen molar-refractivity contribution in [1.29, 1.82) is 0 Å². The average molecular weight is 322 g/mol. The molecule has 8 heteroatoms. The van der Waals surface area contributed by atoms with Gasteiger partial charge in [-0.2, -0.15) is 0 Å². The van der Waals surface area contributed by atoms with Gasteiger partial charge in [0.2, 0.25) is 0 Å². The number of hydrogen-bond donors (Lipinski definition) is 0. The summed E-state index contributed by atoms with van der Waals surface area (Å²) in [4.78, 5) is 16.2. The Labute approximate surface area is 131 Å². The number of rotatable bonds is 8. The van der Waals surface area contributed by atoms with Crippen LogP contribution in [-0.4, -0.2) is 80.3 Å². The molecule has 0 bridgehead atoms. The Morgan fingerprint density at radius 3 is 2.47 bits per heavy atom. The third-order valence-electron chi connectivity index (χ3n) is 1.41. The molecule has 0 fully saturated rings. The van der Waals surface area contributed by atoms with Gasteiger partial charge < -0.3 is 19.0 Å². The molecule has 0 saturated carbocycles. The van der Waals surface area contributed by atoms with Crippen LogP contribution in [0.1, 0.15) is 6.92 Å². The van der Waals surface area contributed by atoms with Crippen molar-refractivity contribution in [3.63, 3.8) is 0 Å². The second-order valence-corrected chi connectivity index (χ2v) is 3.79. The molecule has 0 radical (unpaired) electrons. The minimum absolute atomic E-state index is 0. The first-order valence-electron chi connectivity index (χ1n) is 4.61. The first-order chi connectivity index (χ1) is 7.61. The number of halogens is 1. The van der Waals surface area contributed by atoms with E-state index in [1.54, 1.807) is 7.11 Å². The predicted octanol–water partition coefficient (Wildman–Crippen LogP) is 0.287. The number of oxime groups is 1. The fourth-order valence-electron chi connectivity index (χ4n) is 0.667. The number of hydrogen-bond acceptors (Lipinski definition) is 6. The first-order valence-corrected chi connectivity index (χ1v) is 5.52. The summed E-state index contributed by atoms with van der Waals surface area (Å²) in [5, 5.41) is 3.08. The van der Waals surface area contributed by atoms with Gasteiger partial charge >= 0.3 is 35.5 Å². The summed E-state index contributed by atoms with van der Waals surface area (Å²) < 4.78 is 14.5. The number of methoxy groups -OCH3 is 2. The van der Waals surface area contributed by atoms with E-state index in [2.05, 4.69) is 21.1 Å². The van der Waals surface area contributed by atoms with Crippen molar-refractivity contribution in [1.82, 2.24) is 0 Å². The van der Waals surface area contributed by atoms with Crippen LogP contribution in [0.4, 0.5) is 0 Å². The van der Waals surface area contributed by atoms with Crippen molar-refractivity contribution in [2.24, 2.45) is 5.16 Å². The van der Waals surface area contributed by atoms with Crippen molar-refractivity contribution < 1.29 is 23.8 Å². The molecule has 96 valence electrons. The predicted molar refractivity (Wildman–Crippen MR) is 68.8 cm³/mol. The van der Waals surface area contributed by atoms with Crippen LogP contribution in [0.25, 0.3) is 0 Å². The molecule has 6 nitrogen and oxygen atoms in total. The van der Waals surface area contributed by atoms with Crippen LogP contribution in [0.15, 0.2) is 5.16 Å². The van der Waals surface area contributed by atoms with Gasteiger partial charge in [-0.25, -0.2) is 4.79 Å². The van der Waals surface area contributed by atoms with E-state index >= 15 is 0 Å². The Morgan fingerprint density at radius 2 is 1.94 bits per heavy atom. The van der Waals surface area contributed by atoms with E-state index in [9.17, 15) is 4.79 Å². The molecule has 0 aliphatic rings. The van der Waals surface area contributed by atoms with Crippen LogP contribution in [0.5, 0.6) is 0 Å². The van der Waals surface area contributed by atoms with E-state index in [4.69, 9.17) is 19.0 Å². The van der Waals surface area contributed by atoms with Gasteiger partial charge in [-0.3, -0.25) is 0 Å². The van der Waals surface area contributed by atoms with E-state index in [0.717, 1.165) is 0 Å². The van der Waals surface area contributed by atoms with Crippen molar-refractivity contribution in [3.05, 3.63) is 0 Å². The minimum atomic E-state index is -0.559. The number of esters is 1. The fourth-order valence-corrected chi connectivity index (χ4v) is 1.10. The van der Waals surface area contributed by atoms with Gasteiger partial charge in [0.15, 0.2) is 10.7 Å². The standard InChI is InChI=1S/C9H16BrNO5.Na.H/c1-7(11-15-5-4-13-2)9(12)16-8(10)6-14-3;;/h8H,4-6H2,1-3H3;;. The summed E-state index contributed by atoms with van der Waals surface area (Å²) in [7, 11) is 3.06. The molecule has 0 aliphatic carbocycles. The second-order valence-electron chi connectivity index (χ2n) is 2.77. The van der Waals surface area contributed by atoms with E-state index in [-0.39, 0.29) is 48.5 Å². The molecular formula is C9H17BrNNaO5. The summed E-state index contributed by atoms with van der Waals surface area (Å²) in [6, 6.07) is 0. The summed E-state index contributed by atoms with van der Waals surface area (Å²) in [5.74, 6) is -0.559. The van der Waals surface area contributed by atoms with Crippen LogP contribution in [0.3, 0.4) is 0 Å². The number of nitrogens with zero attached hydrogens (tertiary/aromatic N) is 1. The van der Waals surface area contributed by atoms with Gasteiger partial charge in [0.25, 0.3) is 0 Å². The SMILES string of the molecule is COCCON=C(C)C(=O)OC(Br)COC.[NaH]. The van der Waals surface area contributed by atoms with Gasteiger partial charge in [0.05, 0.1) is 13.2 Å². The van der Waals surface area contributed by atoms with Crippen LogP contribution in [-0.2, 0) is 23.8 Å². The van der Waals surface area contributed by atoms with Crippen LogP contribution < -0.4 is 0 Å². The zero-order chi connectivity index (χ0) is 12.4. The summed E-state index contributed by atoms with van der Waals surface area (Å²) in [6.45, 7) is 2.47. The summed E-state index contributed by atoms with van der Waals surface area (Å²) >= 11 is 3.12. The first kappa shape index (κ1) is 19.7. The molecule has 0 N–H and O–H groups in total. The molecule has 1 unspecified atom stereocenters. The van der Waals surface area contributed by atoms with Crippen LogP contribution >= 0.6 is 15.9 Å². The van der Waals surface area contributed by atoms with Crippen molar-refractivity contribution in [2.45, 2.75) is 11.9 Å². The summed E-state index contributed by atoms with van der Waals surface area (Å²) in [6.07, 6.45) is 0. The normalized spacial score (nSPS) is 12.6. The van der Waals surface area contributed by atoms with Gasteiger partial charge in [0, 0.05) is 14.2 Å². The van der Waals surface area contributed by atoms with E-state index in [1.165, 1.54) is 14.0 Å². The Hall–Kier alpha value is 0.340. The Morgan fingerprint density at radius 1 is 1.29 bits per heavy atom. The number of ether oxygens (including phenoxy) is 3. The molecule has 0 amide bonds. The summed E-state index contributed by atoms with van der Waals surface area (Å²) in [5.41, 5.74) is 0.136.